The minimum Gasteiger partial charge on any atom is -0.317 e. The van der Waals surface area contributed by atoms with Crippen LogP contribution < -0.4 is 10.2 Å². The van der Waals surface area contributed by atoms with E-state index in [2.05, 4.69) is 62.7 Å². The van der Waals surface area contributed by atoms with Gasteiger partial charge in [0.25, 0.3) is 0 Å². The van der Waals surface area contributed by atoms with Gasteiger partial charge in [-0.05, 0) is 61.5 Å². The molecule has 1 fully saturated rings. The van der Waals surface area contributed by atoms with Crippen molar-refractivity contribution in [2.45, 2.75) is 24.5 Å². The molecule has 1 amide bonds. The molecular formula is C32H30N6OS. The Balaban J connectivity index is 1.35. The van der Waals surface area contributed by atoms with Crippen LogP contribution in [0.5, 0.6) is 0 Å². The molecule has 7 nitrogen and oxygen atoms in total. The van der Waals surface area contributed by atoms with Crippen LogP contribution in [0.25, 0.3) is 33.4 Å². The fourth-order valence-corrected chi connectivity index (χ4v) is 5.50. The van der Waals surface area contributed by atoms with E-state index in [1.165, 1.54) is 11.8 Å². The Bertz CT molecular complexity index is 1610. The maximum atomic E-state index is 13.6. The summed E-state index contributed by atoms with van der Waals surface area (Å²) in [5, 5.41) is 4.96. The first-order valence-corrected chi connectivity index (χ1v) is 14.7. The van der Waals surface area contributed by atoms with E-state index in [1.807, 2.05) is 47.7 Å². The van der Waals surface area contributed by atoms with Gasteiger partial charge in [0, 0.05) is 46.7 Å². The predicted octanol–water partition coefficient (Wildman–Crippen LogP) is 6.01. The van der Waals surface area contributed by atoms with Gasteiger partial charge in [-0.2, -0.15) is 0 Å². The molecule has 5 aromatic rings. The molecule has 0 atom stereocenters. The minimum absolute atomic E-state index is 0.0251. The van der Waals surface area contributed by atoms with Crippen molar-refractivity contribution in [2.75, 3.05) is 24.2 Å². The predicted molar refractivity (Wildman–Crippen MR) is 161 cm³/mol. The Kier molecular flexibility index (Phi) is 7.79. The molecule has 1 N–H and O–H groups in total. The van der Waals surface area contributed by atoms with E-state index >= 15 is 0 Å². The molecule has 1 aliphatic heterocycles. The van der Waals surface area contributed by atoms with Crippen LogP contribution >= 0.6 is 11.8 Å². The van der Waals surface area contributed by atoms with Crippen LogP contribution in [0.2, 0.25) is 0 Å². The summed E-state index contributed by atoms with van der Waals surface area (Å²) in [6.45, 7) is 2.25. The second kappa shape index (κ2) is 11.9. The van der Waals surface area contributed by atoms with Crippen molar-refractivity contribution < 1.29 is 4.79 Å². The molecule has 0 radical (unpaired) electrons. The number of fused-ring (bicyclic) bond motifs is 1. The number of anilines is 1. The first kappa shape index (κ1) is 26.1. The Morgan fingerprint density at radius 1 is 0.950 bits per heavy atom. The van der Waals surface area contributed by atoms with Crippen LogP contribution in [-0.4, -0.2) is 45.2 Å². The van der Waals surface area contributed by atoms with Gasteiger partial charge in [0.05, 0.1) is 12.2 Å². The number of benzene rings is 2. The first-order chi connectivity index (χ1) is 19.7. The lowest BCUT2D eigenvalue weighted by molar-refractivity contribution is -0.123. The molecule has 8 heteroatoms. The van der Waals surface area contributed by atoms with Crippen LogP contribution in [0.4, 0.5) is 5.69 Å². The second-order valence-electron chi connectivity index (χ2n) is 9.87. The third kappa shape index (κ3) is 5.59. The Labute approximate surface area is 238 Å². The quantitative estimate of drug-likeness (QED) is 0.198. The van der Waals surface area contributed by atoms with E-state index in [1.54, 1.807) is 12.4 Å². The van der Waals surface area contributed by atoms with E-state index in [4.69, 9.17) is 4.98 Å². The lowest BCUT2D eigenvalue weighted by atomic mass is 9.95. The fourth-order valence-electron chi connectivity index (χ4n) is 5.16. The van der Waals surface area contributed by atoms with Crippen molar-refractivity contribution in [2.24, 2.45) is 5.92 Å². The lowest BCUT2D eigenvalue weighted by Crippen LogP contribution is -2.40. The number of nitrogens with one attached hydrogen (secondary N) is 1. The van der Waals surface area contributed by atoms with E-state index in [9.17, 15) is 4.79 Å². The number of aromatic nitrogens is 4. The number of carbonyl (C=O) groups excluding carboxylic acids is 1. The van der Waals surface area contributed by atoms with Gasteiger partial charge in [-0.3, -0.25) is 9.78 Å². The van der Waals surface area contributed by atoms with Gasteiger partial charge >= 0.3 is 0 Å². The molecule has 4 heterocycles. The zero-order valence-corrected chi connectivity index (χ0v) is 23.1. The number of amides is 1. The summed E-state index contributed by atoms with van der Waals surface area (Å²) in [5.74, 6) is 0.195. The third-order valence-corrected chi connectivity index (χ3v) is 7.87. The summed E-state index contributed by atoms with van der Waals surface area (Å²) in [6.07, 6.45) is 9.00. The van der Waals surface area contributed by atoms with Gasteiger partial charge in [0.2, 0.25) is 5.91 Å². The van der Waals surface area contributed by atoms with Crippen LogP contribution in [0, 0.1) is 5.92 Å². The number of rotatable bonds is 7. The highest BCUT2D eigenvalue weighted by atomic mass is 32.2. The highest BCUT2D eigenvalue weighted by molar-refractivity contribution is 7.98. The van der Waals surface area contributed by atoms with E-state index in [-0.39, 0.29) is 11.8 Å². The zero-order valence-electron chi connectivity index (χ0n) is 22.3. The smallest absolute Gasteiger partial charge is 0.230 e. The van der Waals surface area contributed by atoms with Crippen LogP contribution in [0.3, 0.4) is 0 Å². The van der Waals surface area contributed by atoms with Gasteiger partial charge in [-0.1, -0.05) is 66.4 Å². The number of piperidine rings is 1. The highest BCUT2D eigenvalue weighted by Gasteiger charge is 2.27. The summed E-state index contributed by atoms with van der Waals surface area (Å²) >= 11 is 1.50. The van der Waals surface area contributed by atoms with Crippen molar-refractivity contribution in [3.8, 4) is 22.4 Å². The number of hydrogen-bond acceptors (Lipinski definition) is 7. The maximum absolute atomic E-state index is 13.6. The van der Waals surface area contributed by atoms with Gasteiger partial charge in [-0.25, -0.2) is 15.0 Å². The normalized spacial score (nSPS) is 13.8. The highest BCUT2D eigenvalue weighted by Crippen LogP contribution is 2.34. The number of carbonyl (C=O) groups is 1. The van der Waals surface area contributed by atoms with Gasteiger partial charge in [-0.15, -0.1) is 0 Å². The van der Waals surface area contributed by atoms with Crippen LogP contribution in [-0.2, 0) is 11.3 Å². The van der Waals surface area contributed by atoms with Crippen molar-refractivity contribution in [1.82, 2.24) is 25.3 Å². The Morgan fingerprint density at radius 3 is 2.42 bits per heavy atom. The zero-order chi connectivity index (χ0) is 27.3. The van der Waals surface area contributed by atoms with E-state index in [0.717, 1.165) is 65.0 Å². The summed E-state index contributed by atoms with van der Waals surface area (Å²) in [6, 6.07) is 24.6. The average Bonchev–Trinajstić information content (AvgIpc) is 3.04. The molecule has 1 aliphatic rings. The maximum Gasteiger partial charge on any atom is 0.230 e. The summed E-state index contributed by atoms with van der Waals surface area (Å²) in [7, 11) is 0. The van der Waals surface area contributed by atoms with Crippen LogP contribution in [0.1, 0.15) is 18.4 Å². The van der Waals surface area contributed by atoms with Gasteiger partial charge in [0.15, 0.2) is 10.8 Å². The Hall–Kier alpha value is -4.14. The topological polar surface area (TPSA) is 83.9 Å². The molecule has 1 saturated heterocycles. The largest absolute Gasteiger partial charge is 0.317 e. The monoisotopic (exact) mass is 546 g/mol. The minimum atomic E-state index is 0.0251. The molecule has 6 rings (SSSR count). The van der Waals surface area contributed by atoms with Crippen molar-refractivity contribution in [1.29, 1.82) is 0 Å². The van der Waals surface area contributed by atoms with Crippen LogP contribution in [0.15, 0.2) is 96.5 Å². The number of hydrogen-bond donors (Lipinski definition) is 1. The average molecular weight is 547 g/mol. The van der Waals surface area contributed by atoms with E-state index in [0.29, 0.717) is 17.3 Å². The van der Waals surface area contributed by atoms with Crippen molar-refractivity contribution in [3.63, 3.8) is 0 Å². The summed E-state index contributed by atoms with van der Waals surface area (Å²) in [4.78, 5) is 33.8. The number of pyridine rings is 2. The SMILES string of the molecule is CSc1ncc2cc(-c3ccccc3)c(-c3ccc(CN(C(=O)C4CCNCC4)c4ccncc4)cc3)nc2n1. The molecule has 0 spiro atoms. The number of thioether (sulfide) groups is 1. The molecule has 0 unspecified atom stereocenters. The molecule has 0 aliphatic carbocycles. The molecule has 40 heavy (non-hydrogen) atoms. The van der Waals surface area contributed by atoms with Gasteiger partial charge < -0.3 is 10.2 Å². The number of nitrogens with zero attached hydrogens (tertiary/aromatic N) is 5. The summed E-state index contributed by atoms with van der Waals surface area (Å²) in [5.41, 5.74) is 6.57. The summed E-state index contributed by atoms with van der Waals surface area (Å²) < 4.78 is 0. The molecule has 0 bridgehead atoms. The first-order valence-electron chi connectivity index (χ1n) is 13.5. The molecule has 3 aromatic heterocycles. The Morgan fingerprint density at radius 2 is 1.70 bits per heavy atom. The standard InChI is InChI=1S/C32H30N6OS/c1-40-32-35-20-26-19-28(23-5-3-2-4-6-23)29(36-30(26)37-32)24-9-7-22(8-10-24)21-38(27-13-17-34-18-14-27)31(39)25-11-15-33-16-12-25/h2-10,13-14,17-20,25,33H,11-12,15-16,21H2,1H3. The van der Waals surface area contributed by atoms with Gasteiger partial charge in [0.1, 0.15) is 0 Å². The molecular weight excluding hydrogens is 516 g/mol. The molecule has 200 valence electrons. The second-order valence-corrected chi connectivity index (χ2v) is 10.6. The lowest BCUT2D eigenvalue weighted by Gasteiger charge is -2.30. The third-order valence-electron chi connectivity index (χ3n) is 7.31. The van der Waals surface area contributed by atoms with E-state index < -0.39 is 0 Å². The van der Waals surface area contributed by atoms with Crippen molar-refractivity contribution >= 4 is 34.4 Å². The van der Waals surface area contributed by atoms with Crippen molar-refractivity contribution in [3.05, 3.63) is 97.0 Å². The molecule has 0 saturated carbocycles. The molecule has 2 aromatic carbocycles. The fraction of sp³-hybridized carbons (Fsp3) is 0.219.